The molecule has 1 atom stereocenters. The minimum atomic E-state index is -0.293. The van der Waals surface area contributed by atoms with E-state index < -0.39 is 0 Å². The minimum absolute atomic E-state index is 0.0225. The molecule has 0 bridgehead atoms. The minimum Gasteiger partial charge on any atom is -0.359 e. The Morgan fingerprint density at radius 2 is 2.14 bits per heavy atom. The average Bonchev–Trinajstić information content (AvgIpc) is 3.14. The van der Waals surface area contributed by atoms with Gasteiger partial charge in [-0.1, -0.05) is 25.9 Å². The second-order valence-electron chi connectivity index (χ2n) is 5.86. The maximum Gasteiger partial charge on any atom is 0.245 e. The molecule has 6 nitrogen and oxygen atoms in total. The fourth-order valence-corrected chi connectivity index (χ4v) is 2.45. The quantitative estimate of drug-likeness (QED) is 0.823. The zero-order valence-corrected chi connectivity index (χ0v) is 13.9. The zero-order chi connectivity index (χ0) is 16.3. The third-order valence-electron chi connectivity index (χ3n) is 3.73. The number of amides is 1. The molecule has 22 heavy (non-hydrogen) atoms. The molecule has 0 aliphatic rings. The van der Waals surface area contributed by atoms with Crippen LogP contribution in [0.5, 0.6) is 0 Å². The summed E-state index contributed by atoms with van der Waals surface area (Å²) in [5.74, 6) is 1.92. The Morgan fingerprint density at radius 1 is 1.41 bits per heavy atom. The highest BCUT2D eigenvalue weighted by molar-refractivity contribution is 5.79. The largest absolute Gasteiger partial charge is 0.359 e. The van der Waals surface area contributed by atoms with Gasteiger partial charge in [-0.15, -0.1) is 0 Å². The van der Waals surface area contributed by atoms with Crippen LogP contribution in [-0.2, 0) is 17.8 Å². The van der Waals surface area contributed by atoms with E-state index >= 15 is 0 Å². The van der Waals surface area contributed by atoms with Crippen LogP contribution in [0.2, 0.25) is 0 Å². The molecular weight excluding hydrogens is 280 g/mol. The second kappa shape index (κ2) is 6.77. The highest BCUT2D eigenvalue weighted by Crippen LogP contribution is 2.19. The van der Waals surface area contributed by atoms with E-state index in [2.05, 4.69) is 24.0 Å². The number of aromatic nitrogens is 3. The molecule has 2 heterocycles. The van der Waals surface area contributed by atoms with Crippen molar-refractivity contribution in [3.8, 4) is 0 Å². The number of likely N-dealkylation sites (N-methyl/N-ethyl adjacent to an activating group) is 1. The number of rotatable bonds is 6. The normalized spacial score (nSPS) is 12.6. The molecule has 2 aromatic rings. The van der Waals surface area contributed by atoms with Gasteiger partial charge in [0, 0.05) is 31.4 Å². The Hall–Kier alpha value is -2.11. The summed E-state index contributed by atoms with van der Waals surface area (Å²) in [6.07, 6.45) is 4.42. The number of hydrogen-bond donors (Lipinski definition) is 0. The van der Waals surface area contributed by atoms with Gasteiger partial charge in [0.15, 0.2) is 5.76 Å². The molecule has 0 radical (unpaired) electrons. The maximum absolute atomic E-state index is 12.6. The maximum atomic E-state index is 12.6. The first-order valence-corrected chi connectivity index (χ1v) is 7.66. The molecule has 0 fully saturated rings. The first kappa shape index (κ1) is 16.3. The Balaban J connectivity index is 2.07. The molecule has 2 aromatic heterocycles. The summed E-state index contributed by atoms with van der Waals surface area (Å²) in [7, 11) is 1.78. The van der Waals surface area contributed by atoms with Crippen LogP contribution in [0.15, 0.2) is 23.0 Å². The molecule has 0 aliphatic heterocycles. The summed E-state index contributed by atoms with van der Waals surface area (Å²) in [6, 6.07) is 1.60. The highest BCUT2D eigenvalue weighted by atomic mass is 16.5. The van der Waals surface area contributed by atoms with Crippen LogP contribution in [0, 0.1) is 0 Å². The summed E-state index contributed by atoms with van der Waals surface area (Å²) in [6.45, 7) is 8.47. The summed E-state index contributed by atoms with van der Waals surface area (Å²) < 4.78 is 7.18. The van der Waals surface area contributed by atoms with E-state index in [4.69, 9.17) is 4.52 Å². The summed E-state index contributed by atoms with van der Waals surface area (Å²) >= 11 is 0. The predicted molar refractivity (Wildman–Crippen MR) is 83.4 cm³/mol. The molecule has 0 unspecified atom stereocenters. The Kier molecular flexibility index (Phi) is 5.00. The fraction of sp³-hybridized carbons (Fsp3) is 0.562. The molecule has 0 aromatic carbocycles. The summed E-state index contributed by atoms with van der Waals surface area (Å²) in [4.78, 5) is 18.6. The van der Waals surface area contributed by atoms with E-state index in [0.29, 0.717) is 12.3 Å². The Morgan fingerprint density at radius 3 is 2.73 bits per heavy atom. The molecule has 0 spiro atoms. The van der Waals surface area contributed by atoms with E-state index in [9.17, 15) is 4.79 Å². The van der Waals surface area contributed by atoms with Crippen molar-refractivity contribution in [1.82, 2.24) is 19.6 Å². The molecule has 0 N–H and O–H groups in total. The number of aryl methyl sites for hydroxylation is 1. The van der Waals surface area contributed by atoms with Gasteiger partial charge in [0.25, 0.3) is 0 Å². The number of carbonyl (C=O) groups excluding carboxylic acids is 1. The molecule has 120 valence electrons. The number of carbonyl (C=O) groups is 1. The van der Waals surface area contributed by atoms with Gasteiger partial charge in [-0.05, 0) is 13.3 Å². The topological polar surface area (TPSA) is 64.2 Å². The summed E-state index contributed by atoms with van der Waals surface area (Å²) in [5.41, 5.74) is 0.903. The average molecular weight is 304 g/mol. The van der Waals surface area contributed by atoms with E-state index in [1.54, 1.807) is 18.1 Å². The lowest BCUT2D eigenvalue weighted by Gasteiger charge is -2.23. The smallest absolute Gasteiger partial charge is 0.245 e. The van der Waals surface area contributed by atoms with E-state index in [0.717, 1.165) is 17.9 Å². The lowest BCUT2D eigenvalue weighted by molar-refractivity contribution is -0.133. The molecule has 0 saturated heterocycles. The fourth-order valence-electron chi connectivity index (χ4n) is 2.45. The number of hydrogen-bond acceptors (Lipinski definition) is 4. The van der Waals surface area contributed by atoms with Crippen LogP contribution < -0.4 is 0 Å². The van der Waals surface area contributed by atoms with Crippen molar-refractivity contribution in [1.29, 1.82) is 0 Å². The molecule has 0 saturated carbocycles. The van der Waals surface area contributed by atoms with Crippen LogP contribution in [0.25, 0.3) is 0 Å². The van der Waals surface area contributed by atoms with Gasteiger partial charge in [-0.2, -0.15) is 0 Å². The van der Waals surface area contributed by atoms with E-state index in [1.807, 2.05) is 30.7 Å². The first-order chi connectivity index (χ1) is 10.4. The molecule has 2 rings (SSSR count). The molecule has 0 aliphatic carbocycles. The van der Waals surface area contributed by atoms with Crippen molar-refractivity contribution >= 4 is 5.91 Å². The zero-order valence-electron chi connectivity index (χ0n) is 13.9. The van der Waals surface area contributed by atoms with Crippen LogP contribution in [-0.4, -0.2) is 32.6 Å². The van der Waals surface area contributed by atoms with Gasteiger partial charge in [-0.3, -0.25) is 4.79 Å². The Bertz CT molecular complexity index is 630. The van der Waals surface area contributed by atoms with Gasteiger partial charge >= 0.3 is 0 Å². The second-order valence-corrected chi connectivity index (χ2v) is 5.86. The predicted octanol–water partition coefficient (Wildman–Crippen LogP) is 2.78. The van der Waals surface area contributed by atoms with Gasteiger partial charge in [0.05, 0.1) is 12.2 Å². The third kappa shape index (κ3) is 3.37. The third-order valence-corrected chi connectivity index (χ3v) is 3.73. The highest BCUT2D eigenvalue weighted by Gasteiger charge is 2.23. The van der Waals surface area contributed by atoms with Crippen LogP contribution >= 0.6 is 0 Å². The van der Waals surface area contributed by atoms with Crippen LogP contribution in [0.4, 0.5) is 0 Å². The van der Waals surface area contributed by atoms with Gasteiger partial charge in [-0.25, -0.2) is 4.98 Å². The first-order valence-electron chi connectivity index (χ1n) is 7.66. The standard InChI is InChI=1S/C16H24N4O2/c1-6-13-9-14(22-18-13)10-19(5)16(21)12(4)20-8-7-17-15(20)11(2)3/h7-9,11-12H,6,10H2,1-5H3/t12-/m0/s1. The molecule has 1 amide bonds. The van der Waals surface area contributed by atoms with Crippen molar-refractivity contribution < 1.29 is 9.32 Å². The molecule has 6 heteroatoms. The molecular formula is C16H24N4O2. The number of imidazole rings is 1. The lowest BCUT2D eigenvalue weighted by atomic mass is 10.2. The summed E-state index contributed by atoms with van der Waals surface area (Å²) in [5, 5.41) is 3.95. The van der Waals surface area contributed by atoms with Crippen molar-refractivity contribution in [3.05, 3.63) is 35.7 Å². The van der Waals surface area contributed by atoms with Crippen LogP contribution in [0.3, 0.4) is 0 Å². The van der Waals surface area contributed by atoms with Gasteiger partial charge in [0.1, 0.15) is 11.9 Å². The van der Waals surface area contributed by atoms with Crippen molar-refractivity contribution in [2.45, 2.75) is 52.6 Å². The van der Waals surface area contributed by atoms with E-state index in [-0.39, 0.29) is 17.9 Å². The Labute approximate surface area is 131 Å². The lowest BCUT2D eigenvalue weighted by Crippen LogP contribution is -2.33. The van der Waals surface area contributed by atoms with Gasteiger partial charge < -0.3 is 14.0 Å². The van der Waals surface area contributed by atoms with Crippen molar-refractivity contribution in [2.24, 2.45) is 0 Å². The monoisotopic (exact) mass is 304 g/mol. The number of nitrogens with zero attached hydrogens (tertiary/aromatic N) is 4. The van der Waals surface area contributed by atoms with E-state index in [1.165, 1.54) is 0 Å². The van der Waals surface area contributed by atoms with Gasteiger partial charge in [0.2, 0.25) is 5.91 Å². The SMILES string of the molecule is CCc1cc(CN(C)C(=O)[C@H](C)n2ccnc2C(C)C)on1. The van der Waals surface area contributed by atoms with Crippen molar-refractivity contribution in [3.63, 3.8) is 0 Å². The van der Waals surface area contributed by atoms with Crippen molar-refractivity contribution in [2.75, 3.05) is 7.05 Å². The van der Waals surface area contributed by atoms with Crippen LogP contribution in [0.1, 0.15) is 56.9 Å².